The monoisotopic (exact) mass is 224 g/mol. The predicted molar refractivity (Wildman–Crippen MR) is 63.4 cm³/mol. The van der Waals surface area contributed by atoms with Crippen LogP contribution in [0.15, 0.2) is 29.2 Å². The van der Waals surface area contributed by atoms with E-state index in [1.807, 2.05) is 44.4 Å². The summed E-state index contributed by atoms with van der Waals surface area (Å²) < 4.78 is 0. The van der Waals surface area contributed by atoms with Gasteiger partial charge in [-0.15, -0.1) is 11.8 Å². The number of hydrogen-bond donors (Lipinski definition) is 1. The van der Waals surface area contributed by atoms with Crippen LogP contribution < -0.4 is 0 Å². The predicted octanol–water partition coefficient (Wildman–Crippen LogP) is 3.23. The molecule has 0 saturated carbocycles. The van der Waals surface area contributed by atoms with Gasteiger partial charge < -0.3 is 5.11 Å². The van der Waals surface area contributed by atoms with Gasteiger partial charge in [0.05, 0.1) is 5.92 Å². The second kappa shape index (κ2) is 5.21. The molecule has 0 heterocycles. The third kappa shape index (κ3) is 2.99. The largest absolute Gasteiger partial charge is 0.481 e. The zero-order valence-electron chi connectivity index (χ0n) is 9.23. The Morgan fingerprint density at radius 3 is 2.53 bits per heavy atom. The lowest BCUT2D eigenvalue weighted by atomic mass is 9.89. The highest BCUT2D eigenvalue weighted by Gasteiger charge is 2.23. The standard InChI is InChI=1S/C12H16O2S/c1-8(2)11(12(13)14)9-5-4-6-10(7-9)15-3/h4-8,11H,1-3H3,(H,13,14). The van der Waals surface area contributed by atoms with E-state index in [4.69, 9.17) is 5.11 Å². The van der Waals surface area contributed by atoms with Crippen LogP contribution in [0.2, 0.25) is 0 Å². The number of benzene rings is 1. The van der Waals surface area contributed by atoms with Crippen LogP contribution in [-0.2, 0) is 4.79 Å². The maximum absolute atomic E-state index is 11.1. The van der Waals surface area contributed by atoms with Crippen molar-refractivity contribution in [2.24, 2.45) is 5.92 Å². The van der Waals surface area contributed by atoms with E-state index in [2.05, 4.69) is 0 Å². The van der Waals surface area contributed by atoms with Crippen LogP contribution in [0.3, 0.4) is 0 Å². The third-order valence-electron chi connectivity index (χ3n) is 2.39. The van der Waals surface area contributed by atoms with Crippen molar-refractivity contribution in [3.63, 3.8) is 0 Å². The topological polar surface area (TPSA) is 37.3 Å². The SMILES string of the molecule is CSc1cccc(C(C(=O)O)C(C)C)c1. The number of carboxylic acid groups (broad SMARTS) is 1. The summed E-state index contributed by atoms with van der Waals surface area (Å²) in [7, 11) is 0. The van der Waals surface area contributed by atoms with Gasteiger partial charge in [0.15, 0.2) is 0 Å². The summed E-state index contributed by atoms with van der Waals surface area (Å²) in [5.41, 5.74) is 0.893. The Morgan fingerprint density at radius 2 is 2.07 bits per heavy atom. The van der Waals surface area contributed by atoms with Crippen LogP contribution in [0.4, 0.5) is 0 Å². The lowest BCUT2D eigenvalue weighted by Gasteiger charge is -2.17. The van der Waals surface area contributed by atoms with Gasteiger partial charge in [-0.05, 0) is 29.9 Å². The van der Waals surface area contributed by atoms with Crippen molar-refractivity contribution in [3.8, 4) is 0 Å². The molecule has 0 aliphatic heterocycles. The minimum absolute atomic E-state index is 0.111. The van der Waals surface area contributed by atoms with E-state index in [-0.39, 0.29) is 5.92 Å². The Hall–Kier alpha value is -0.960. The van der Waals surface area contributed by atoms with Crippen LogP contribution >= 0.6 is 11.8 Å². The van der Waals surface area contributed by atoms with Crippen LogP contribution in [0, 0.1) is 5.92 Å². The fourth-order valence-electron chi connectivity index (χ4n) is 1.65. The van der Waals surface area contributed by atoms with Crippen molar-refractivity contribution in [1.82, 2.24) is 0 Å². The zero-order valence-corrected chi connectivity index (χ0v) is 10.0. The average molecular weight is 224 g/mol. The molecule has 0 aliphatic rings. The second-order valence-corrected chi connectivity index (χ2v) is 4.72. The lowest BCUT2D eigenvalue weighted by Crippen LogP contribution is -2.17. The van der Waals surface area contributed by atoms with E-state index in [1.54, 1.807) is 11.8 Å². The molecule has 0 bridgehead atoms. The van der Waals surface area contributed by atoms with Gasteiger partial charge in [0.25, 0.3) is 0 Å². The van der Waals surface area contributed by atoms with E-state index in [9.17, 15) is 4.79 Å². The number of carbonyl (C=O) groups is 1. The molecule has 0 aromatic heterocycles. The summed E-state index contributed by atoms with van der Waals surface area (Å²) >= 11 is 1.63. The van der Waals surface area contributed by atoms with Crippen molar-refractivity contribution < 1.29 is 9.90 Å². The fourth-order valence-corrected chi connectivity index (χ4v) is 2.12. The molecule has 0 amide bonds. The van der Waals surface area contributed by atoms with Gasteiger partial charge in [-0.2, -0.15) is 0 Å². The zero-order chi connectivity index (χ0) is 11.4. The normalized spacial score (nSPS) is 12.8. The molecular weight excluding hydrogens is 208 g/mol. The molecule has 1 aromatic rings. The van der Waals surface area contributed by atoms with Gasteiger partial charge in [-0.25, -0.2) is 0 Å². The quantitative estimate of drug-likeness (QED) is 0.798. The molecule has 2 nitrogen and oxygen atoms in total. The number of carboxylic acids is 1. The molecule has 82 valence electrons. The van der Waals surface area contributed by atoms with Crippen molar-refractivity contribution in [2.75, 3.05) is 6.26 Å². The summed E-state index contributed by atoms with van der Waals surface area (Å²) in [6, 6.07) is 7.76. The molecule has 0 spiro atoms. The molecule has 1 rings (SSSR count). The minimum atomic E-state index is -0.747. The van der Waals surface area contributed by atoms with Crippen molar-refractivity contribution in [3.05, 3.63) is 29.8 Å². The molecule has 3 heteroatoms. The second-order valence-electron chi connectivity index (χ2n) is 3.84. The molecule has 1 atom stereocenters. The summed E-state index contributed by atoms with van der Waals surface area (Å²) in [6.45, 7) is 3.87. The Morgan fingerprint density at radius 1 is 1.40 bits per heavy atom. The van der Waals surface area contributed by atoms with E-state index in [0.717, 1.165) is 10.5 Å². The summed E-state index contributed by atoms with van der Waals surface area (Å²) in [5, 5.41) is 9.15. The highest BCUT2D eigenvalue weighted by atomic mass is 32.2. The van der Waals surface area contributed by atoms with Gasteiger partial charge in [-0.1, -0.05) is 26.0 Å². The first-order valence-corrected chi connectivity index (χ1v) is 6.15. The van der Waals surface area contributed by atoms with Gasteiger partial charge in [0.2, 0.25) is 0 Å². The molecule has 0 saturated heterocycles. The molecule has 1 N–H and O–H groups in total. The minimum Gasteiger partial charge on any atom is -0.481 e. The van der Waals surface area contributed by atoms with Crippen LogP contribution in [0.5, 0.6) is 0 Å². The smallest absolute Gasteiger partial charge is 0.311 e. The van der Waals surface area contributed by atoms with E-state index < -0.39 is 11.9 Å². The van der Waals surface area contributed by atoms with Gasteiger partial charge in [0.1, 0.15) is 0 Å². The van der Waals surface area contributed by atoms with E-state index in [1.165, 1.54) is 0 Å². The first kappa shape index (κ1) is 12.1. The molecule has 1 aromatic carbocycles. The van der Waals surface area contributed by atoms with Crippen molar-refractivity contribution >= 4 is 17.7 Å². The lowest BCUT2D eigenvalue weighted by molar-refractivity contribution is -0.139. The van der Waals surface area contributed by atoms with Crippen molar-refractivity contribution in [2.45, 2.75) is 24.7 Å². The number of aliphatic carboxylic acids is 1. The van der Waals surface area contributed by atoms with Gasteiger partial charge >= 0.3 is 5.97 Å². The average Bonchev–Trinajstić information content (AvgIpc) is 2.17. The number of thioether (sulfide) groups is 1. The Balaban J connectivity index is 3.05. The Labute approximate surface area is 94.7 Å². The fraction of sp³-hybridized carbons (Fsp3) is 0.417. The first-order valence-electron chi connectivity index (χ1n) is 4.93. The molecular formula is C12H16O2S. The highest BCUT2D eigenvalue weighted by molar-refractivity contribution is 7.98. The maximum Gasteiger partial charge on any atom is 0.311 e. The number of hydrogen-bond acceptors (Lipinski definition) is 2. The van der Waals surface area contributed by atoms with Crippen LogP contribution in [-0.4, -0.2) is 17.3 Å². The molecule has 0 fully saturated rings. The van der Waals surface area contributed by atoms with Crippen molar-refractivity contribution in [1.29, 1.82) is 0 Å². The number of rotatable bonds is 4. The Kier molecular flexibility index (Phi) is 4.21. The van der Waals surface area contributed by atoms with Gasteiger partial charge in [0, 0.05) is 4.90 Å². The van der Waals surface area contributed by atoms with Crippen LogP contribution in [0.25, 0.3) is 0 Å². The summed E-state index contributed by atoms with van der Waals surface area (Å²) in [5.74, 6) is -1.04. The van der Waals surface area contributed by atoms with Gasteiger partial charge in [-0.3, -0.25) is 4.79 Å². The Bertz CT molecular complexity index is 347. The molecule has 0 aliphatic carbocycles. The summed E-state index contributed by atoms with van der Waals surface area (Å²) in [6.07, 6.45) is 1.99. The van der Waals surface area contributed by atoms with Crippen LogP contribution in [0.1, 0.15) is 25.3 Å². The van der Waals surface area contributed by atoms with E-state index in [0.29, 0.717) is 0 Å². The molecule has 15 heavy (non-hydrogen) atoms. The maximum atomic E-state index is 11.1. The molecule has 0 radical (unpaired) electrons. The highest BCUT2D eigenvalue weighted by Crippen LogP contribution is 2.27. The molecule has 1 unspecified atom stereocenters. The summed E-state index contributed by atoms with van der Waals surface area (Å²) in [4.78, 5) is 12.2. The first-order chi connectivity index (χ1) is 7.06. The van der Waals surface area contributed by atoms with E-state index >= 15 is 0 Å². The third-order valence-corrected chi connectivity index (χ3v) is 3.11.